The second-order valence-corrected chi connectivity index (χ2v) is 5.58. The minimum Gasteiger partial charge on any atom is -0.479 e. The average Bonchev–Trinajstić information content (AvgIpc) is 2.98. The maximum absolute atomic E-state index is 9.07. The molecule has 1 aromatic carbocycles. The van der Waals surface area contributed by atoms with E-state index in [-0.39, 0.29) is 6.01 Å². The van der Waals surface area contributed by atoms with Crippen LogP contribution in [0.2, 0.25) is 5.02 Å². The fraction of sp³-hybridized carbons (Fsp3) is 0.143. The highest BCUT2D eigenvalue weighted by Gasteiger charge is 2.16. The zero-order valence-electron chi connectivity index (χ0n) is 11.6. The molecule has 0 amide bonds. The number of hydrogen-bond donors (Lipinski definition) is 0. The monoisotopic (exact) mass is 332 g/mol. The first-order valence-electron chi connectivity index (χ1n) is 6.13. The van der Waals surface area contributed by atoms with Crippen LogP contribution < -0.4 is 9.47 Å². The van der Waals surface area contributed by atoms with Gasteiger partial charge in [-0.3, -0.25) is 0 Å². The predicted molar refractivity (Wildman–Crippen MR) is 83.5 cm³/mol. The van der Waals surface area contributed by atoms with Crippen LogP contribution in [0.5, 0.6) is 11.9 Å². The van der Waals surface area contributed by atoms with E-state index in [0.29, 0.717) is 31.8 Å². The SMILES string of the molecule is COc1nc(OC)c2nc(-c3ccc(Cl)c(C#N)c3)sc2n1. The van der Waals surface area contributed by atoms with Gasteiger partial charge in [0, 0.05) is 5.56 Å². The van der Waals surface area contributed by atoms with Gasteiger partial charge in [0.1, 0.15) is 11.1 Å². The zero-order chi connectivity index (χ0) is 15.7. The Labute approximate surface area is 134 Å². The molecule has 0 N–H and O–H groups in total. The molecule has 0 saturated carbocycles. The third-order valence-electron chi connectivity index (χ3n) is 2.92. The molecule has 0 aliphatic heterocycles. The molecule has 0 aliphatic carbocycles. The summed E-state index contributed by atoms with van der Waals surface area (Å²) in [6.07, 6.45) is 0. The van der Waals surface area contributed by atoms with Crippen LogP contribution in [0, 0.1) is 11.3 Å². The van der Waals surface area contributed by atoms with Gasteiger partial charge in [-0.2, -0.15) is 15.2 Å². The second-order valence-electron chi connectivity index (χ2n) is 4.20. The van der Waals surface area contributed by atoms with Gasteiger partial charge in [-0.15, -0.1) is 0 Å². The number of methoxy groups -OCH3 is 2. The fourth-order valence-corrected chi connectivity index (χ4v) is 2.96. The maximum Gasteiger partial charge on any atom is 0.320 e. The van der Waals surface area contributed by atoms with E-state index in [9.17, 15) is 0 Å². The molecular formula is C14H9ClN4O2S. The molecule has 8 heteroatoms. The van der Waals surface area contributed by atoms with Crippen molar-refractivity contribution in [2.24, 2.45) is 0 Å². The van der Waals surface area contributed by atoms with Crippen LogP contribution >= 0.6 is 22.9 Å². The number of nitrogens with zero attached hydrogens (tertiary/aromatic N) is 4. The minimum absolute atomic E-state index is 0.216. The Morgan fingerprint density at radius 1 is 1.18 bits per heavy atom. The lowest BCUT2D eigenvalue weighted by atomic mass is 10.1. The number of rotatable bonds is 3. The number of benzene rings is 1. The quantitative estimate of drug-likeness (QED) is 0.732. The van der Waals surface area contributed by atoms with Crippen LogP contribution in [-0.2, 0) is 0 Å². The first kappa shape index (κ1) is 14.5. The molecule has 0 aliphatic rings. The predicted octanol–water partition coefficient (Wildman–Crippen LogP) is 3.30. The van der Waals surface area contributed by atoms with E-state index in [0.717, 1.165) is 5.56 Å². The van der Waals surface area contributed by atoms with Crippen molar-refractivity contribution in [2.45, 2.75) is 0 Å². The van der Waals surface area contributed by atoms with Gasteiger partial charge < -0.3 is 9.47 Å². The number of thiazole rings is 1. The number of fused-ring (bicyclic) bond motifs is 1. The smallest absolute Gasteiger partial charge is 0.320 e. The standard InChI is InChI=1S/C14H9ClN4O2S/c1-20-11-10-13(19-14(18-11)21-2)22-12(17-10)7-3-4-9(15)8(5-7)6-16/h3-5H,1-2H3. The lowest BCUT2D eigenvalue weighted by molar-refractivity contribution is 0.356. The summed E-state index contributed by atoms with van der Waals surface area (Å²) >= 11 is 7.31. The highest BCUT2D eigenvalue weighted by molar-refractivity contribution is 7.21. The first-order chi connectivity index (χ1) is 10.7. The van der Waals surface area contributed by atoms with Crippen molar-refractivity contribution in [2.75, 3.05) is 14.2 Å². The first-order valence-corrected chi connectivity index (χ1v) is 7.32. The highest BCUT2D eigenvalue weighted by atomic mass is 35.5. The molecule has 3 rings (SSSR count). The van der Waals surface area contributed by atoms with E-state index >= 15 is 0 Å². The van der Waals surface area contributed by atoms with Crippen molar-refractivity contribution in [3.63, 3.8) is 0 Å². The van der Waals surface area contributed by atoms with Crippen LogP contribution in [0.25, 0.3) is 20.9 Å². The Balaban J connectivity index is 2.18. The van der Waals surface area contributed by atoms with Crippen LogP contribution in [0.4, 0.5) is 0 Å². The van der Waals surface area contributed by atoms with Crippen molar-refractivity contribution in [1.29, 1.82) is 5.26 Å². The largest absolute Gasteiger partial charge is 0.479 e. The Kier molecular flexibility index (Phi) is 3.79. The van der Waals surface area contributed by atoms with Crippen molar-refractivity contribution < 1.29 is 9.47 Å². The molecule has 0 radical (unpaired) electrons. The van der Waals surface area contributed by atoms with Crippen LogP contribution in [0.3, 0.4) is 0 Å². The van der Waals surface area contributed by atoms with E-state index in [2.05, 4.69) is 21.0 Å². The fourth-order valence-electron chi connectivity index (χ4n) is 1.88. The maximum atomic E-state index is 9.07. The summed E-state index contributed by atoms with van der Waals surface area (Å²) in [5, 5.41) is 10.2. The lowest BCUT2D eigenvalue weighted by Gasteiger charge is -2.01. The van der Waals surface area contributed by atoms with E-state index in [1.165, 1.54) is 25.6 Å². The molecule has 0 spiro atoms. The average molecular weight is 333 g/mol. The number of hydrogen-bond acceptors (Lipinski definition) is 7. The summed E-state index contributed by atoms with van der Waals surface area (Å²) in [6, 6.07) is 7.44. The van der Waals surface area contributed by atoms with Crippen molar-refractivity contribution in [3.8, 4) is 28.5 Å². The summed E-state index contributed by atoms with van der Waals surface area (Å²) < 4.78 is 10.3. The lowest BCUT2D eigenvalue weighted by Crippen LogP contribution is -1.95. The van der Waals surface area contributed by atoms with E-state index in [1.807, 2.05) is 0 Å². The number of aromatic nitrogens is 3. The molecule has 0 saturated heterocycles. The molecule has 110 valence electrons. The Bertz CT molecular complexity index is 904. The zero-order valence-corrected chi connectivity index (χ0v) is 13.2. The third-order valence-corrected chi connectivity index (χ3v) is 4.24. The molecule has 6 nitrogen and oxygen atoms in total. The highest BCUT2D eigenvalue weighted by Crippen LogP contribution is 2.34. The molecule has 0 unspecified atom stereocenters. The van der Waals surface area contributed by atoms with Gasteiger partial charge in [0.05, 0.1) is 24.8 Å². The minimum atomic E-state index is 0.216. The summed E-state index contributed by atoms with van der Waals surface area (Å²) in [4.78, 5) is 13.5. The van der Waals surface area contributed by atoms with Gasteiger partial charge in [0.2, 0.25) is 5.88 Å². The van der Waals surface area contributed by atoms with Crippen LogP contribution in [-0.4, -0.2) is 29.2 Å². The van der Waals surface area contributed by atoms with E-state index in [1.54, 1.807) is 18.2 Å². The molecule has 2 aromatic heterocycles. The second kappa shape index (κ2) is 5.75. The Hall–Kier alpha value is -2.43. The van der Waals surface area contributed by atoms with E-state index in [4.69, 9.17) is 26.3 Å². The number of ether oxygens (including phenoxy) is 2. The number of halogens is 1. The van der Waals surface area contributed by atoms with Gasteiger partial charge in [0.15, 0.2) is 10.3 Å². The topological polar surface area (TPSA) is 80.9 Å². The van der Waals surface area contributed by atoms with Gasteiger partial charge in [0.25, 0.3) is 0 Å². The Morgan fingerprint density at radius 3 is 2.68 bits per heavy atom. The van der Waals surface area contributed by atoms with Crippen molar-refractivity contribution in [1.82, 2.24) is 15.0 Å². The van der Waals surface area contributed by atoms with E-state index < -0.39 is 0 Å². The van der Waals surface area contributed by atoms with Crippen molar-refractivity contribution in [3.05, 3.63) is 28.8 Å². The molecule has 22 heavy (non-hydrogen) atoms. The number of nitriles is 1. The molecule has 0 fully saturated rings. The van der Waals surface area contributed by atoms with Crippen LogP contribution in [0.15, 0.2) is 18.2 Å². The van der Waals surface area contributed by atoms with Gasteiger partial charge in [-0.25, -0.2) is 4.98 Å². The molecule has 2 heterocycles. The summed E-state index contributed by atoms with van der Waals surface area (Å²) in [5.41, 5.74) is 1.73. The van der Waals surface area contributed by atoms with Crippen molar-refractivity contribution >= 4 is 33.3 Å². The van der Waals surface area contributed by atoms with Crippen LogP contribution in [0.1, 0.15) is 5.56 Å². The molecule has 0 atom stereocenters. The third kappa shape index (κ3) is 2.43. The molecular weight excluding hydrogens is 324 g/mol. The summed E-state index contributed by atoms with van der Waals surface area (Å²) in [5.74, 6) is 0.346. The van der Waals surface area contributed by atoms with Gasteiger partial charge in [-0.05, 0) is 12.1 Å². The molecule has 3 aromatic rings. The Morgan fingerprint density at radius 2 is 2.00 bits per heavy atom. The summed E-state index contributed by atoms with van der Waals surface area (Å²) in [6.45, 7) is 0. The normalized spacial score (nSPS) is 10.5. The van der Waals surface area contributed by atoms with Gasteiger partial charge in [-0.1, -0.05) is 29.0 Å². The van der Waals surface area contributed by atoms with Gasteiger partial charge >= 0.3 is 6.01 Å². The summed E-state index contributed by atoms with van der Waals surface area (Å²) in [7, 11) is 3.00. The molecule has 0 bridgehead atoms.